The van der Waals surface area contributed by atoms with Gasteiger partial charge in [0.25, 0.3) is 0 Å². The van der Waals surface area contributed by atoms with Crippen LogP contribution in [0.4, 0.5) is 5.95 Å². The van der Waals surface area contributed by atoms with Crippen molar-refractivity contribution < 1.29 is 14.3 Å². The molecule has 1 saturated heterocycles. The zero-order valence-corrected chi connectivity index (χ0v) is 17.1. The molecule has 0 unspecified atom stereocenters. The van der Waals surface area contributed by atoms with Crippen LogP contribution in [-0.4, -0.2) is 54.1 Å². The number of benzene rings is 1. The van der Waals surface area contributed by atoms with Crippen LogP contribution in [0.25, 0.3) is 0 Å². The lowest BCUT2D eigenvalue weighted by Gasteiger charge is -2.34. The minimum atomic E-state index is 0.0584. The Balaban J connectivity index is 1.40. The van der Waals surface area contributed by atoms with Gasteiger partial charge in [0.2, 0.25) is 23.6 Å². The number of nitrogens with zero attached hydrogens (tertiary/aromatic N) is 4. The summed E-state index contributed by atoms with van der Waals surface area (Å²) in [5, 5.41) is 0. The Morgan fingerprint density at radius 2 is 1.66 bits per heavy atom. The van der Waals surface area contributed by atoms with Gasteiger partial charge in [0.05, 0.1) is 20.3 Å². The number of amides is 1. The van der Waals surface area contributed by atoms with E-state index in [2.05, 4.69) is 31.9 Å². The summed E-state index contributed by atoms with van der Waals surface area (Å²) in [4.78, 5) is 26.3. The van der Waals surface area contributed by atoms with Crippen LogP contribution >= 0.6 is 0 Å². The maximum absolute atomic E-state index is 13.3. The molecule has 1 aromatic heterocycles. The first-order chi connectivity index (χ1) is 14.2. The van der Waals surface area contributed by atoms with Gasteiger partial charge < -0.3 is 19.3 Å². The summed E-state index contributed by atoms with van der Waals surface area (Å²) >= 11 is 0. The van der Waals surface area contributed by atoms with E-state index < -0.39 is 0 Å². The lowest BCUT2D eigenvalue weighted by atomic mass is 9.95. The standard InChI is InChI=1S/C22H28N4O3/c1-28-19-14-20(29-2)24-22(23-19)25-12-10-17(11-13-25)21(27)26(18-8-9-18)15-16-6-4-3-5-7-16/h3-7,14,17-18H,8-13,15H2,1-2H3. The van der Waals surface area contributed by atoms with Gasteiger partial charge >= 0.3 is 0 Å². The Hall–Kier alpha value is -2.83. The molecule has 7 nitrogen and oxygen atoms in total. The van der Waals surface area contributed by atoms with Crippen LogP contribution in [0.5, 0.6) is 11.8 Å². The number of rotatable bonds is 7. The Kier molecular flexibility index (Phi) is 5.83. The second-order valence-corrected chi connectivity index (χ2v) is 7.70. The summed E-state index contributed by atoms with van der Waals surface area (Å²) in [7, 11) is 3.16. The quantitative estimate of drug-likeness (QED) is 0.717. The zero-order chi connectivity index (χ0) is 20.2. The van der Waals surface area contributed by atoms with Crippen molar-refractivity contribution in [3.63, 3.8) is 0 Å². The molecule has 1 saturated carbocycles. The molecule has 29 heavy (non-hydrogen) atoms. The van der Waals surface area contributed by atoms with Gasteiger partial charge in [0.1, 0.15) is 0 Å². The van der Waals surface area contributed by atoms with E-state index in [1.54, 1.807) is 20.3 Å². The summed E-state index contributed by atoms with van der Waals surface area (Å²) in [5.74, 6) is 1.90. The number of aromatic nitrogens is 2. The van der Waals surface area contributed by atoms with Crippen LogP contribution in [0.1, 0.15) is 31.2 Å². The van der Waals surface area contributed by atoms with Crippen molar-refractivity contribution in [2.24, 2.45) is 5.92 Å². The van der Waals surface area contributed by atoms with Gasteiger partial charge in [-0.3, -0.25) is 4.79 Å². The minimum absolute atomic E-state index is 0.0584. The highest BCUT2D eigenvalue weighted by atomic mass is 16.5. The molecular formula is C22H28N4O3. The molecule has 7 heteroatoms. The molecule has 1 aliphatic heterocycles. The molecule has 1 amide bonds. The monoisotopic (exact) mass is 396 g/mol. The molecule has 1 aromatic carbocycles. The van der Waals surface area contributed by atoms with Gasteiger partial charge in [0, 0.05) is 31.6 Å². The Morgan fingerprint density at radius 3 is 2.21 bits per heavy atom. The van der Waals surface area contributed by atoms with Crippen molar-refractivity contribution in [3.8, 4) is 11.8 Å². The fourth-order valence-electron chi connectivity index (χ4n) is 3.86. The average molecular weight is 396 g/mol. The van der Waals surface area contributed by atoms with Crippen LogP contribution in [0, 0.1) is 5.92 Å². The Morgan fingerprint density at radius 1 is 1.03 bits per heavy atom. The molecule has 1 aliphatic carbocycles. The van der Waals surface area contributed by atoms with Crippen molar-refractivity contribution in [1.82, 2.24) is 14.9 Å². The third-order valence-corrected chi connectivity index (χ3v) is 5.68. The smallest absolute Gasteiger partial charge is 0.231 e. The lowest BCUT2D eigenvalue weighted by Crippen LogP contribution is -2.43. The molecular weight excluding hydrogens is 368 g/mol. The molecule has 4 rings (SSSR count). The van der Waals surface area contributed by atoms with Crippen molar-refractivity contribution in [2.45, 2.75) is 38.3 Å². The number of piperidine rings is 1. The van der Waals surface area contributed by atoms with Crippen molar-refractivity contribution in [3.05, 3.63) is 42.0 Å². The van der Waals surface area contributed by atoms with Crippen LogP contribution < -0.4 is 14.4 Å². The van der Waals surface area contributed by atoms with E-state index in [1.807, 2.05) is 18.2 Å². The number of anilines is 1. The number of hydrogen-bond acceptors (Lipinski definition) is 6. The minimum Gasteiger partial charge on any atom is -0.481 e. The normalized spacial score (nSPS) is 17.1. The van der Waals surface area contributed by atoms with Gasteiger partial charge in [-0.25, -0.2) is 0 Å². The van der Waals surface area contributed by atoms with Crippen LogP contribution in [0.15, 0.2) is 36.4 Å². The third-order valence-electron chi connectivity index (χ3n) is 5.68. The Bertz CT molecular complexity index is 811. The number of carbonyl (C=O) groups excluding carboxylic acids is 1. The van der Waals surface area contributed by atoms with E-state index in [9.17, 15) is 4.79 Å². The number of carbonyl (C=O) groups is 1. The van der Waals surface area contributed by atoms with Crippen molar-refractivity contribution in [2.75, 3.05) is 32.2 Å². The summed E-state index contributed by atoms with van der Waals surface area (Å²) in [6.45, 7) is 2.20. The maximum atomic E-state index is 13.3. The largest absolute Gasteiger partial charge is 0.481 e. The topological polar surface area (TPSA) is 67.8 Å². The summed E-state index contributed by atoms with van der Waals surface area (Å²) in [6.07, 6.45) is 3.85. The second kappa shape index (κ2) is 8.68. The highest BCUT2D eigenvalue weighted by Crippen LogP contribution is 2.32. The fourth-order valence-corrected chi connectivity index (χ4v) is 3.86. The predicted octanol–water partition coefficient (Wildman–Crippen LogP) is 2.90. The van der Waals surface area contributed by atoms with Crippen LogP contribution in [0.3, 0.4) is 0 Å². The number of hydrogen-bond donors (Lipinski definition) is 0. The SMILES string of the molecule is COc1cc(OC)nc(N2CCC(C(=O)N(Cc3ccccc3)C3CC3)CC2)n1. The molecule has 0 N–H and O–H groups in total. The third kappa shape index (κ3) is 4.60. The van der Waals surface area contributed by atoms with E-state index >= 15 is 0 Å². The van der Waals surface area contributed by atoms with Gasteiger partial charge in [-0.05, 0) is 31.2 Å². The molecule has 154 valence electrons. The molecule has 0 spiro atoms. The van der Waals surface area contributed by atoms with Crippen molar-refractivity contribution in [1.29, 1.82) is 0 Å². The van der Waals surface area contributed by atoms with E-state index in [4.69, 9.17) is 9.47 Å². The average Bonchev–Trinajstić information content (AvgIpc) is 3.62. The first-order valence-electron chi connectivity index (χ1n) is 10.2. The first kappa shape index (κ1) is 19.5. The molecule has 2 heterocycles. The molecule has 2 aromatic rings. The molecule has 0 bridgehead atoms. The number of methoxy groups -OCH3 is 2. The molecule has 2 aliphatic rings. The van der Waals surface area contributed by atoms with Gasteiger partial charge in [-0.15, -0.1) is 0 Å². The maximum Gasteiger partial charge on any atom is 0.231 e. The van der Waals surface area contributed by atoms with E-state index in [0.29, 0.717) is 36.2 Å². The summed E-state index contributed by atoms with van der Waals surface area (Å²) < 4.78 is 10.5. The van der Waals surface area contributed by atoms with Crippen LogP contribution in [-0.2, 0) is 11.3 Å². The van der Waals surface area contributed by atoms with Gasteiger partial charge in [-0.1, -0.05) is 30.3 Å². The van der Waals surface area contributed by atoms with Crippen molar-refractivity contribution >= 4 is 11.9 Å². The predicted molar refractivity (Wildman–Crippen MR) is 110 cm³/mol. The molecule has 0 radical (unpaired) electrons. The number of ether oxygens (including phenoxy) is 2. The Labute approximate surface area is 171 Å². The highest BCUT2D eigenvalue weighted by Gasteiger charge is 2.37. The van der Waals surface area contributed by atoms with Gasteiger partial charge in [-0.2, -0.15) is 9.97 Å². The fraction of sp³-hybridized carbons (Fsp3) is 0.500. The first-order valence-corrected chi connectivity index (χ1v) is 10.2. The van der Waals surface area contributed by atoms with E-state index in [-0.39, 0.29) is 5.92 Å². The van der Waals surface area contributed by atoms with Gasteiger partial charge in [0.15, 0.2) is 0 Å². The second-order valence-electron chi connectivity index (χ2n) is 7.70. The van der Waals surface area contributed by atoms with Crippen LogP contribution in [0.2, 0.25) is 0 Å². The van der Waals surface area contributed by atoms with E-state index in [0.717, 1.165) is 38.8 Å². The highest BCUT2D eigenvalue weighted by molar-refractivity contribution is 5.79. The summed E-state index contributed by atoms with van der Waals surface area (Å²) in [5.41, 5.74) is 1.20. The molecule has 2 fully saturated rings. The molecule has 0 atom stereocenters. The lowest BCUT2D eigenvalue weighted by molar-refractivity contribution is -0.137. The zero-order valence-electron chi connectivity index (χ0n) is 17.1. The summed E-state index contributed by atoms with van der Waals surface area (Å²) in [6, 6.07) is 12.3. The van der Waals surface area contributed by atoms with E-state index in [1.165, 1.54) is 5.56 Å².